The highest BCUT2D eigenvalue weighted by molar-refractivity contribution is 5.99. The third-order valence-corrected chi connectivity index (χ3v) is 8.99. The average molecular weight is 711 g/mol. The van der Waals surface area contributed by atoms with E-state index in [0.29, 0.717) is 23.0 Å². The lowest BCUT2D eigenvalue weighted by atomic mass is 9.55. The minimum Gasteiger partial charge on any atom is -0.481 e. The van der Waals surface area contributed by atoms with Gasteiger partial charge in [-0.1, -0.05) is 60.7 Å². The summed E-state index contributed by atoms with van der Waals surface area (Å²) in [5.74, 6) is -7.76. The molecule has 0 aromatic heterocycles. The lowest BCUT2D eigenvalue weighted by molar-refractivity contribution is -0.188. The second-order valence-electron chi connectivity index (χ2n) is 12.4. The van der Waals surface area contributed by atoms with Crippen LogP contribution in [0.15, 0.2) is 109 Å². The monoisotopic (exact) mass is 710 g/mol. The first kappa shape index (κ1) is 37.5. The molecule has 5 rings (SSSR count). The summed E-state index contributed by atoms with van der Waals surface area (Å²) >= 11 is 0. The third kappa shape index (κ3) is 9.33. The van der Waals surface area contributed by atoms with Crippen LogP contribution in [0.2, 0.25) is 0 Å². The number of rotatable bonds is 18. The van der Waals surface area contributed by atoms with Crippen LogP contribution < -0.4 is 9.47 Å². The molecule has 1 fully saturated rings. The van der Waals surface area contributed by atoms with E-state index in [1.54, 1.807) is 48.5 Å². The molecule has 1 aliphatic rings. The lowest BCUT2D eigenvalue weighted by Crippen LogP contribution is -2.64. The summed E-state index contributed by atoms with van der Waals surface area (Å²) in [5.41, 5.74) is 1.44. The zero-order valence-electron chi connectivity index (χ0n) is 29.0. The SMILES string of the molecule is COCCN(Cc1ccc(Oc2ccccc2)cc1)C(=O)C1C(C(=O)O)C(C(=O)O)C1C(=O)N(CCOC)Cc1ccc(Oc2ccccc2)cc1. The Hall–Kier alpha value is -5.72. The molecule has 12 heteroatoms. The van der Waals surface area contributed by atoms with Gasteiger partial charge in [0.1, 0.15) is 23.0 Å². The molecule has 52 heavy (non-hydrogen) atoms. The molecule has 0 radical (unpaired) electrons. The summed E-state index contributed by atoms with van der Waals surface area (Å²) in [6, 6.07) is 32.7. The Bertz CT molecular complexity index is 1650. The Morgan fingerprint density at radius 1 is 0.500 bits per heavy atom. The van der Waals surface area contributed by atoms with E-state index in [2.05, 4.69) is 0 Å². The number of amides is 2. The van der Waals surface area contributed by atoms with Crippen LogP contribution in [0.25, 0.3) is 0 Å². The maximum Gasteiger partial charge on any atom is 0.308 e. The van der Waals surface area contributed by atoms with Gasteiger partial charge in [0.05, 0.1) is 36.9 Å². The van der Waals surface area contributed by atoms with E-state index in [1.165, 1.54) is 24.0 Å². The van der Waals surface area contributed by atoms with Gasteiger partial charge in [-0.05, 0) is 59.7 Å². The van der Waals surface area contributed by atoms with Gasteiger partial charge in [-0.15, -0.1) is 0 Å². The van der Waals surface area contributed by atoms with E-state index in [1.807, 2.05) is 60.7 Å². The van der Waals surface area contributed by atoms with Crippen molar-refractivity contribution in [1.82, 2.24) is 9.80 Å². The average Bonchev–Trinajstić information content (AvgIpc) is 3.13. The third-order valence-electron chi connectivity index (χ3n) is 8.99. The van der Waals surface area contributed by atoms with Crippen molar-refractivity contribution in [2.24, 2.45) is 23.7 Å². The Kier molecular flexibility index (Phi) is 13.0. The summed E-state index contributed by atoms with van der Waals surface area (Å²) in [5, 5.41) is 20.4. The molecule has 1 saturated carbocycles. The van der Waals surface area contributed by atoms with Crippen molar-refractivity contribution in [3.63, 3.8) is 0 Å². The van der Waals surface area contributed by atoms with Gasteiger partial charge in [0.15, 0.2) is 0 Å². The number of carboxylic acids is 2. The largest absolute Gasteiger partial charge is 0.481 e. The highest BCUT2D eigenvalue weighted by atomic mass is 16.5. The van der Waals surface area contributed by atoms with Crippen molar-refractivity contribution in [3.8, 4) is 23.0 Å². The minimum atomic E-state index is -1.61. The predicted octanol–water partition coefficient (Wildman–Crippen LogP) is 5.57. The molecule has 0 bridgehead atoms. The molecule has 4 aromatic rings. The molecule has 2 amide bonds. The maximum atomic E-state index is 14.3. The first-order valence-electron chi connectivity index (χ1n) is 16.8. The summed E-state index contributed by atoms with van der Waals surface area (Å²) in [7, 11) is 2.95. The van der Waals surface area contributed by atoms with E-state index in [9.17, 15) is 29.4 Å². The minimum absolute atomic E-state index is 0.0695. The fourth-order valence-electron chi connectivity index (χ4n) is 6.35. The van der Waals surface area contributed by atoms with Crippen LogP contribution >= 0.6 is 0 Å². The van der Waals surface area contributed by atoms with Gasteiger partial charge in [-0.2, -0.15) is 0 Å². The second kappa shape index (κ2) is 18.0. The van der Waals surface area contributed by atoms with E-state index in [4.69, 9.17) is 18.9 Å². The summed E-state index contributed by atoms with van der Waals surface area (Å²) in [6.07, 6.45) is 0. The van der Waals surface area contributed by atoms with Crippen molar-refractivity contribution in [3.05, 3.63) is 120 Å². The van der Waals surface area contributed by atoms with E-state index >= 15 is 0 Å². The number of nitrogens with zero attached hydrogens (tertiary/aromatic N) is 2. The number of aliphatic carboxylic acids is 2. The smallest absolute Gasteiger partial charge is 0.308 e. The molecular formula is C40H42N2O10. The molecule has 0 saturated heterocycles. The van der Waals surface area contributed by atoms with Gasteiger partial charge in [0.2, 0.25) is 11.8 Å². The van der Waals surface area contributed by atoms with Crippen LogP contribution in [0.5, 0.6) is 23.0 Å². The van der Waals surface area contributed by atoms with Crippen LogP contribution in [0.1, 0.15) is 11.1 Å². The second-order valence-corrected chi connectivity index (χ2v) is 12.4. The van der Waals surface area contributed by atoms with Crippen molar-refractivity contribution >= 4 is 23.8 Å². The molecule has 0 heterocycles. The number of methoxy groups -OCH3 is 2. The Balaban J connectivity index is 1.37. The molecule has 4 unspecified atom stereocenters. The molecule has 0 spiro atoms. The van der Waals surface area contributed by atoms with Crippen LogP contribution in [0.3, 0.4) is 0 Å². The molecule has 272 valence electrons. The molecular weight excluding hydrogens is 668 g/mol. The molecule has 0 aliphatic heterocycles. The van der Waals surface area contributed by atoms with Gasteiger partial charge in [0.25, 0.3) is 0 Å². The first-order valence-corrected chi connectivity index (χ1v) is 16.8. The van der Waals surface area contributed by atoms with Crippen LogP contribution in [0.4, 0.5) is 0 Å². The first-order chi connectivity index (χ1) is 25.2. The number of hydrogen-bond acceptors (Lipinski definition) is 8. The van der Waals surface area contributed by atoms with E-state index < -0.39 is 47.4 Å². The zero-order chi connectivity index (χ0) is 37.0. The molecule has 1 aliphatic carbocycles. The fraction of sp³-hybridized carbons (Fsp3) is 0.300. The highest BCUT2D eigenvalue weighted by Gasteiger charge is 2.64. The van der Waals surface area contributed by atoms with E-state index in [0.717, 1.165) is 11.1 Å². The van der Waals surface area contributed by atoms with E-state index in [-0.39, 0.29) is 39.4 Å². The fourth-order valence-corrected chi connectivity index (χ4v) is 6.35. The number of carbonyl (C=O) groups excluding carboxylic acids is 2. The number of para-hydroxylation sites is 2. The summed E-state index contributed by atoms with van der Waals surface area (Å²) in [4.78, 5) is 56.5. The Morgan fingerprint density at radius 3 is 1.13 bits per heavy atom. The van der Waals surface area contributed by atoms with Gasteiger partial charge >= 0.3 is 11.9 Å². The molecule has 2 N–H and O–H groups in total. The number of ether oxygens (including phenoxy) is 4. The zero-order valence-corrected chi connectivity index (χ0v) is 29.0. The van der Waals surface area contributed by atoms with Crippen molar-refractivity contribution < 1.29 is 48.3 Å². The standard InChI is InChI=1S/C40H42N2O10/c1-49-23-21-41(25-27-13-17-31(18-14-27)51-29-9-5-3-6-10-29)37(43)33-34(36(40(47)48)35(33)39(45)46)38(44)42(22-24-50-2)26-28-15-19-32(20-16-28)52-30-11-7-4-8-12-30/h3-20,33-36H,21-26H2,1-2H3,(H,45,46)(H,47,48). The van der Waals surface area contributed by atoms with Crippen LogP contribution in [-0.4, -0.2) is 84.3 Å². The van der Waals surface area contributed by atoms with Crippen molar-refractivity contribution in [2.75, 3.05) is 40.5 Å². The number of hydrogen-bond donors (Lipinski definition) is 2. The van der Waals surface area contributed by atoms with Gasteiger partial charge in [-0.3, -0.25) is 19.2 Å². The van der Waals surface area contributed by atoms with Gasteiger partial charge < -0.3 is 39.0 Å². The lowest BCUT2D eigenvalue weighted by Gasteiger charge is -2.48. The maximum absolute atomic E-state index is 14.3. The van der Waals surface area contributed by atoms with Gasteiger partial charge in [0, 0.05) is 40.4 Å². The number of carboxylic acid groups (broad SMARTS) is 2. The van der Waals surface area contributed by atoms with Gasteiger partial charge in [-0.25, -0.2) is 0 Å². The van der Waals surface area contributed by atoms with Crippen molar-refractivity contribution in [1.29, 1.82) is 0 Å². The topological polar surface area (TPSA) is 152 Å². The quantitative estimate of drug-likeness (QED) is 0.134. The molecule has 4 atom stereocenters. The summed E-state index contributed by atoms with van der Waals surface area (Å²) < 4.78 is 22.3. The normalized spacial score (nSPS) is 17.7. The Labute approximate surface area is 302 Å². The van der Waals surface area contributed by atoms with Crippen LogP contribution in [-0.2, 0) is 41.7 Å². The predicted molar refractivity (Wildman–Crippen MR) is 190 cm³/mol. The summed E-state index contributed by atoms with van der Waals surface area (Å²) in [6.45, 7) is 0.584. The van der Waals surface area contributed by atoms with Crippen molar-refractivity contribution in [2.45, 2.75) is 13.1 Å². The van der Waals surface area contributed by atoms with Crippen LogP contribution in [0, 0.1) is 23.7 Å². The Morgan fingerprint density at radius 2 is 0.827 bits per heavy atom. The number of carbonyl (C=O) groups is 4. The molecule has 12 nitrogen and oxygen atoms in total. The number of benzene rings is 4. The molecule has 4 aromatic carbocycles. The highest BCUT2D eigenvalue weighted by Crippen LogP contribution is 2.49.